The summed E-state index contributed by atoms with van der Waals surface area (Å²) in [5.41, 5.74) is 8.11. The van der Waals surface area contributed by atoms with Crippen molar-refractivity contribution in [3.63, 3.8) is 0 Å². The van der Waals surface area contributed by atoms with Crippen molar-refractivity contribution in [2.75, 3.05) is 0 Å². The molecule has 2 aromatic heterocycles. The quantitative estimate of drug-likeness (QED) is 0.195. The maximum absolute atomic E-state index is 13.4. The molecule has 2 amide bonds. The van der Waals surface area contributed by atoms with Crippen LogP contribution in [0, 0.1) is 0 Å². The number of hydrogen-bond donors (Lipinski definition) is 2. The lowest BCUT2D eigenvalue weighted by atomic mass is 9.87. The number of nitrogens with zero attached hydrogens (tertiary/aromatic N) is 2. The first-order valence-corrected chi connectivity index (χ1v) is 16.8. The topological polar surface area (TPSA) is 118 Å². The fourth-order valence-corrected chi connectivity index (χ4v) is 8.53. The zero-order valence-corrected chi connectivity index (χ0v) is 26.6. The van der Waals surface area contributed by atoms with E-state index in [1.807, 2.05) is 60.7 Å². The lowest BCUT2D eigenvalue weighted by Crippen LogP contribution is -2.24. The van der Waals surface area contributed by atoms with Gasteiger partial charge in [-0.2, -0.15) is 8.75 Å². The molecule has 0 atom stereocenters. The summed E-state index contributed by atoms with van der Waals surface area (Å²) in [6.45, 7) is 0.553. The van der Waals surface area contributed by atoms with Crippen LogP contribution in [0.15, 0.2) is 97.1 Å². The molecule has 0 saturated heterocycles. The Balaban J connectivity index is 0.908. The van der Waals surface area contributed by atoms with Crippen LogP contribution in [0.1, 0.15) is 63.7 Å². The Kier molecular flexibility index (Phi) is 6.43. The first-order chi connectivity index (χ1) is 23.5. The molecule has 48 heavy (non-hydrogen) atoms. The highest BCUT2D eigenvalue weighted by molar-refractivity contribution is 7.14. The monoisotopic (exact) mass is 662 g/mol. The van der Waals surface area contributed by atoms with Gasteiger partial charge >= 0.3 is 0 Å². The third-order valence-corrected chi connectivity index (χ3v) is 10.7. The molecule has 7 aromatic rings. The molecule has 0 radical (unpaired) electrons. The molecule has 9 rings (SSSR count). The predicted molar refractivity (Wildman–Crippen MR) is 186 cm³/mol. The number of carbonyl (C=O) groups is 4. The predicted octanol–water partition coefficient (Wildman–Crippen LogP) is 7.19. The lowest BCUT2D eigenvalue weighted by molar-refractivity contribution is 0.0945. The average molecular weight is 663 g/mol. The first kappa shape index (κ1) is 28.4. The number of ketones is 2. The van der Waals surface area contributed by atoms with Crippen molar-refractivity contribution in [2.24, 2.45) is 0 Å². The van der Waals surface area contributed by atoms with Crippen molar-refractivity contribution >= 4 is 66.6 Å². The summed E-state index contributed by atoms with van der Waals surface area (Å²) in [5.74, 6) is -0.639. The van der Waals surface area contributed by atoms with Gasteiger partial charge in [0.25, 0.3) is 11.8 Å². The molecular formula is C38H22N4O4S2. The molecule has 0 spiro atoms. The minimum atomic E-state index is -0.257. The minimum Gasteiger partial charge on any atom is -0.348 e. The number of hydrogen-bond acceptors (Lipinski definition) is 8. The van der Waals surface area contributed by atoms with Crippen LogP contribution in [-0.2, 0) is 13.1 Å². The summed E-state index contributed by atoms with van der Waals surface area (Å²) in [7, 11) is 0. The second-order valence-corrected chi connectivity index (χ2v) is 13.3. The number of rotatable bonds is 6. The molecule has 0 saturated carbocycles. The lowest BCUT2D eigenvalue weighted by Gasteiger charge is -2.16. The summed E-state index contributed by atoms with van der Waals surface area (Å²) in [5, 5.41) is 7.46. The van der Waals surface area contributed by atoms with Gasteiger partial charge in [0.05, 0.1) is 31.9 Å². The van der Waals surface area contributed by atoms with E-state index in [1.54, 1.807) is 36.4 Å². The highest BCUT2D eigenvalue weighted by Gasteiger charge is 2.31. The molecular weight excluding hydrogens is 641 g/mol. The van der Waals surface area contributed by atoms with E-state index in [1.165, 1.54) is 23.1 Å². The number of nitrogens with one attached hydrogen (secondary N) is 2. The molecule has 5 aromatic carbocycles. The van der Waals surface area contributed by atoms with E-state index < -0.39 is 0 Å². The van der Waals surface area contributed by atoms with Crippen LogP contribution < -0.4 is 10.6 Å². The van der Waals surface area contributed by atoms with Crippen LogP contribution >= 0.6 is 23.1 Å². The molecule has 2 aliphatic carbocycles. The zero-order chi connectivity index (χ0) is 32.5. The van der Waals surface area contributed by atoms with Gasteiger partial charge < -0.3 is 10.6 Å². The number of fused-ring (bicyclic) bond motifs is 4. The van der Waals surface area contributed by atoms with E-state index in [0.717, 1.165) is 44.4 Å². The average Bonchev–Trinajstić information content (AvgIpc) is 3.78. The summed E-state index contributed by atoms with van der Waals surface area (Å²) in [4.78, 5) is 53.1. The van der Waals surface area contributed by atoms with Crippen LogP contribution in [0.25, 0.3) is 42.7 Å². The second kappa shape index (κ2) is 10.9. The van der Waals surface area contributed by atoms with Crippen molar-refractivity contribution < 1.29 is 19.2 Å². The van der Waals surface area contributed by atoms with E-state index in [2.05, 4.69) is 19.4 Å². The van der Waals surface area contributed by atoms with Crippen LogP contribution in [-0.4, -0.2) is 32.1 Å². The van der Waals surface area contributed by atoms with Gasteiger partial charge in [-0.05, 0) is 58.5 Å². The van der Waals surface area contributed by atoms with E-state index in [-0.39, 0.29) is 36.5 Å². The van der Waals surface area contributed by atoms with Gasteiger partial charge in [0.15, 0.2) is 11.6 Å². The summed E-state index contributed by atoms with van der Waals surface area (Å²) >= 11 is 2.45. The fraction of sp³-hybridized carbons (Fsp3) is 0.0526. The summed E-state index contributed by atoms with van der Waals surface area (Å²) in [6, 6.07) is 29.3. The van der Waals surface area contributed by atoms with Crippen LogP contribution in [0.4, 0.5) is 0 Å². The number of carbonyl (C=O) groups excluding carboxylic acids is 4. The standard InChI is InChI=1S/C38H22N4O4S2/c43-33-23-10-3-1-8-21(23)31-29-25(33)12-14-27(35(29)47-41-31)37(45)39-17-19-6-5-7-20(16-19)18-40-38(46)28-15-13-26-30-32(42-48-36(28)30)22-9-2-4-11-24(22)34(26)44/h1-16H,17-18H2,(H,39,45)(H,40,46). The van der Waals surface area contributed by atoms with Gasteiger partial charge in [0, 0.05) is 57.2 Å². The van der Waals surface area contributed by atoms with Gasteiger partial charge in [-0.25, -0.2) is 0 Å². The molecule has 0 fully saturated rings. The molecule has 8 nitrogen and oxygen atoms in total. The van der Waals surface area contributed by atoms with Crippen molar-refractivity contribution in [3.05, 3.63) is 142 Å². The minimum absolute atomic E-state index is 0.0625. The Morgan fingerprint density at radius 1 is 0.521 bits per heavy atom. The Bertz CT molecular complexity index is 2390. The third-order valence-electron chi connectivity index (χ3n) is 8.98. The molecule has 2 N–H and O–H groups in total. The van der Waals surface area contributed by atoms with Crippen LogP contribution in [0.5, 0.6) is 0 Å². The van der Waals surface area contributed by atoms with E-state index >= 15 is 0 Å². The third kappa shape index (κ3) is 4.27. The van der Waals surface area contributed by atoms with Gasteiger partial charge in [-0.1, -0.05) is 72.8 Å². The van der Waals surface area contributed by atoms with E-state index in [9.17, 15) is 19.2 Å². The van der Waals surface area contributed by atoms with E-state index in [4.69, 9.17) is 0 Å². The van der Waals surface area contributed by atoms with Crippen molar-refractivity contribution in [1.29, 1.82) is 0 Å². The largest absolute Gasteiger partial charge is 0.348 e. The Labute approximate surface area is 281 Å². The smallest absolute Gasteiger partial charge is 0.253 e. The van der Waals surface area contributed by atoms with Crippen molar-refractivity contribution in [1.82, 2.24) is 19.4 Å². The molecule has 10 heteroatoms. The SMILES string of the molecule is O=C(NCc1cccc(CNC(=O)c2ccc3c4c(nsc24)-c2ccccc2C3=O)c1)c1ccc2c3c(nsc13)-c1ccccc1C2=O. The van der Waals surface area contributed by atoms with Crippen LogP contribution in [0.3, 0.4) is 0 Å². The van der Waals surface area contributed by atoms with Gasteiger partial charge in [0.1, 0.15) is 0 Å². The summed E-state index contributed by atoms with van der Waals surface area (Å²) < 4.78 is 10.6. The van der Waals surface area contributed by atoms with Crippen molar-refractivity contribution in [3.8, 4) is 22.5 Å². The molecule has 0 bridgehead atoms. The first-order valence-electron chi connectivity index (χ1n) is 15.2. The Morgan fingerprint density at radius 3 is 1.42 bits per heavy atom. The molecule has 2 aliphatic rings. The maximum Gasteiger partial charge on any atom is 0.253 e. The maximum atomic E-state index is 13.4. The number of amides is 2. The molecule has 0 unspecified atom stereocenters. The molecule has 2 heterocycles. The van der Waals surface area contributed by atoms with Gasteiger partial charge in [-0.3, -0.25) is 19.2 Å². The molecule has 230 valence electrons. The van der Waals surface area contributed by atoms with Gasteiger partial charge in [0.2, 0.25) is 0 Å². The van der Waals surface area contributed by atoms with Gasteiger partial charge in [-0.15, -0.1) is 0 Å². The highest BCUT2D eigenvalue weighted by Crippen LogP contribution is 2.43. The Hall–Kier alpha value is -5.84. The molecule has 0 aliphatic heterocycles. The van der Waals surface area contributed by atoms with Crippen molar-refractivity contribution in [2.45, 2.75) is 13.1 Å². The zero-order valence-electron chi connectivity index (χ0n) is 25.0. The second-order valence-electron chi connectivity index (χ2n) is 11.7. The number of aromatic nitrogens is 2. The fourth-order valence-electron chi connectivity index (χ4n) is 6.67. The normalized spacial score (nSPS) is 12.6. The van der Waals surface area contributed by atoms with Crippen LogP contribution in [0.2, 0.25) is 0 Å². The summed E-state index contributed by atoms with van der Waals surface area (Å²) in [6.07, 6.45) is 0. The Morgan fingerprint density at radius 2 is 0.958 bits per heavy atom. The highest BCUT2D eigenvalue weighted by atomic mass is 32.1. The number of benzene rings is 5. The van der Waals surface area contributed by atoms with E-state index in [0.29, 0.717) is 42.8 Å².